The molecule has 0 fully saturated rings. The summed E-state index contributed by atoms with van der Waals surface area (Å²) in [5.74, 6) is 0.690. The Morgan fingerprint density at radius 2 is 1.95 bits per heavy atom. The van der Waals surface area contributed by atoms with Crippen molar-refractivity contribution in [2.75, 3.05) is 14.2 Å². The van der Waals surface area contributed by atoms with Gasteiger partial charge in [-0.1, -0.05) is 30.3 Å². The average molecular weight is 271 g/mol. The highest BCUT2D eigenvalue weighted by Gasteiger charge is 2.07. The molecule has 0 aliphatic carbocycles. The van der Waals surface area contributed by atoms with Crippen molar-refractivity contribution < 1.29 is 4.74 Å². The highest BCUT2D eigenvalue weighted by atomic mass is 16.5. The first kappa shape index (κ1) is 14.5. The number of hydrogen-bond donors (Lipinski definition) is 1. The number of nitrogens with two attached hydrogens (primary N) is 1. The molecule has 0 saturated heterocycles. The van der Waals surface area contributed by atoms with Crippen LogP contribution in [0.15, 0.2) is 42.6 Å². The minimum Gasteiger partial charge on any atom is -0.481 e. The molecule has 0 radical (unpaired) electrons. The standard InChI is InChI=1S/C16H21N3O/c1-19(11-14-6-3-5-13(9-14)10-17)12-15-7-4-8-18-16(15)20-2/h3-9H,10-12,17H2,1-2H3. The van der Waals surface area contributed by atoms with Crippen LogP contribution in [-0.2, 0) is 19.6 Å². The molecule has 1 aromatic heterocycles. The van der Waals surface area contributed by atoms with Crippen molar-refractivity contribution in [3.8, 4) is 5.88 Å². The smallest absolute Gasteiger partial charge is 0.217 e. The summed E-state index contributed by atoms with van der Waals surface area (Å²) in [5, 5.41) is 0. The molecule has 0 unspecified atom stereocenters. The predicted octanol–water partition coefficient (Wildman–Crippen LogP) is 2.18. The molecular formula is C16H21N3O. The van der Waals surface area contributed by atoms with Gasteiger partial charge in [0.15, 0.2) is 0 Å². The summed E-state index contributed by atoms with van der Waals surface area (Å²) in [6, 6.07) is 12.3. The molecule has 4 nitrogen and oxygen atoms in total. The number of ether oxygens (including phenoxy) is 1. The molecule has 1 aromatic carbocycles. The molecule has 2 aromatic rings. The fourth-order valence-corrected chi connectivity index (χ4v) is 2.24. The van der Waals surface area contributed by atoms with E-state index in [2.05, 4.69) is 35.1 Å². The van der Waals surface area contributed by atoms with Crippen molar-refractivity contribution >= 4 is 0 Å². The maximum Gasteiger partial charge on any atom is 0.217 e. The third-order valence-corrected chi connectivity index (χ3v) is 3.16. The third-order valence-electron chi connectivity index (χ3n) is 3.16. The topological polar surface area (TPSA) is 51.4 Å². The lowest BCUT2D eigenvalue weighted by atomic mass is 10.1. The molecule has 0 saturated carbocycles. The van der Waals surface area contributed by atoms with E-state index in [9.17, 15) is 0 Å². The molecule has 0 spiro atoms. The van der Waals surface area contributed by atoms with Gasteiger partial charge in [-0.2, -0.15) is 0 Å². The van der Waals surface area contributed by atoms with Crippen LogP contribution < -0.4 is 10.5 Å². The molecule has 2 rings (SSSR count). The van der Waals surface area contributed by atoms with E-state index in [0.717, 1.165) is 24.2 Å². The monoisotopic (exact) mass is 271 g/mol. The Morgan fingerprint density at radius 3 is 2.70 bits per heavy atom. The third kappa shape index (κ3) is 3.79. The van der Waals surface area contributed by atoms with Crippen LogP contribution >= 0.6 is 0 Å². The molecule has 0 aliphatic heterocycles. The zero-order valence-electron chi connectivity index (χ0n) is 12.0. The van der Waals surface area contributed by atoms with E-state index in [1.165, 1.54) is 5.56 Å². The molecule has 1 heterocycles. The summed E-state index contributed by atoms with van der Waals surface area (Å²) in [7, 11) is 3.73. The normalized spacial score (nSPS) is 10.8. The van der Waals surface area contributed by atoms with Crippen molar-refractivity contribution in [1.82, 2.24) is 9.88 Å². The zero-order chi connectivity index (χ0) is 14.4. The lowest BCUT2D eigenvalue weighted by molar-refractivity contribution is 0.307. The van der Waals surface area contributed by atoms with Gasteiger partial charge in [-0.25, -0.2) is 4.98 Å². The van der Waals surface area contributed by atoms with Crippen LogP contribution in [0.25, 0.3) is 0 Å². The molecule has 0 amide bonds. The van der Waals surface area contributed by atoms with Crippen LogP contribution in [0.2, 0.25) is 0 Å². The Hall–Kier alpha value is -1.91. The summed E-state index contributed by atoms with van der Waals surface area (Å²) in [4.78, 5) is 6.45. The second kappa shape index (κ2) is 7.03. The second-order valence-electron chi connectivity index (χ2n) is 4.87. The highest BCUT2D eigenvalue weighted by molar-refractivity contribution is 5.26. The quantitative estimate of drug-likeness (QED) is 0.875. The van der Waals surface area contributed by atoms with Gasteiger partial charge in [0, 0.05) is 31.4 Å². The number of rotatable bonds is 6. The van der Waals surface area contributed by atoms with Gasteiger partial charge in [0.2, 0.25) is 5.88 Å². The molecule has 106 valence electrons. The minimum absolute atomic E-state index is 0.577. The maximum absolute atomic E-state index is 5.67. The SMILES string of the molecule is COc1ncccc1CN(C)Cc1cccc(CN)c1. The molecule has 0 aliphatic rings. The Balaban J connectivity index is 2.03. The van der Waals surface area contributed by atoms with E-state index in [1.807, 2.05) is 18.2 Å². The van der Waals surface area contributed by atoms with Crippen LogP contribution in [0, 0.1) is 0 Å². The Labute approximate surface area is 120 Å². The van der Waals surface area contributed by atoms with E-state index in [1.54, 1.807) is 13.3 Å². The van der Waals surface area contributed by atoms with Crippen LogP contribution in [0.1, 0.15) is 16.7 Å². The van der Waals surface area contributed by atoms with Gasteiger partial charge in [-0.15, -0.1) is 0 Å². The highest BCUT2D eigenvalue weighted by Crippen LogP contribution is 2.16. The van der Waals surface area contributed by atoms with E-state index in [-0.39, 0.29) is 0 Å². The van der Waals surface area contributed by atoms with Crippen molar-refractivity contribution in [1.29, 1.82) is 0 Å². The summed E-state index contributed by atoms with van der Waals surface area (Å²) in [6.07, 6.45) is 1.74. The zero-order valence-corrected chi connectivity index (χ0v) is 12.0. The first-order valence-electron chi connectivity index (χ1n) is 6.67. The Bertz CT molecular complexity index is 557. The number of pyridine rings is 1. The maximum atomic E-state index is 5.67. The molecular weight excluding hydrogens is 250 g/mol. The van der Waals surface area contributed by atoms with Gasteiger partial charge in [0.05, 0.1) is 7.11 Å². The van der Waals surface area contributed by atoms with Crippen molar-refractivity contribution in [2.24, 2.45) is 5.73 Å². The van der Waals surface area contributed by atoms with Crippen LogP contribution in [0.4, 0.5) is 0 Å². The van der Waals surface area contributed by atoms with Gasteiger partial charge in [-0.05, 0) is 24.2 Å². The number of methoxy groups -OCH3 is 1. The lowest BCUT2D eigenvalue weighted by Crippen LogP contribution is -2.18. The number of benzene rings is 1. The second-order valence-corrected chi connectivity index (χ2v) is 4.87. The number of nitrogens with zero attached hydrogens (tertiary/aromatic N) is 2. The van der Waals surface area contributed by atoms with Crippen LogP contribution in [0.3, 0.4) is 0 Å². The largest absolute Gasteiger partial charge is 0.481 e. The summed E-state index contributed by atoms with van der Waals surface area (Å²) < 4.78 is 5.28. The molecule has 4 heteroatoms. The van der Waals surface area contributed by atoms with E-state index < -0.39 is 0 Å². The molecule has 0 atom stereocenters. The fraction of sp³-hybridized carbons (Fsp3) is 0.312. The van der Waals surface area contributed by atoms with Gasteiger partial charge in [-0.3, -0.25) is 4.90 Å². The van der Waals surface area contributed by atoms with E-state index >= 15 is 0 Å². The summed E-state index contributed by atoms with van der Waals surface area (Å²) >= 11 is 0. The van der Waals surface area contributed by atoms with Gasteiger partial charge in [0.1, 0.15) is 0 Å². The van der Waals surface area contributed by atoms with E-state index in [4.69, 9.17) is 10.5 Å². The number of aromatic nitrogens is 1. The van der Waals surface area contributed by atoms with E-state index in [0.29, 0.717) is 12.4 Å². The number of hydrogen-bond acceptors (Lipinski definition) is 4. The Morgan fingerprint density at radius 1 is 1.15 bits per heavy atom. The van der Waals surface area contributed by atoms with Crippen LogP contribution in [-0.4, -0.2) is 24.0 Å². The lowest BCUT2D eigenvalue weighted by Gasteiger charge is -2.18. The first-order valence-corrected chi connectivity index (χ1v) is 6.67. The van der Waals surface area contributed by atoms with Gasteiger partial charge in [0.25, 0.3) is 0 Å². The summed E-state index contributed by atoms with van der Waals surface area (Å²) in [5.41, 5.74) is 9.19. The molecule has 2 N–H and O–H groups in total. The average Bonchev–Trinajstić information content (AvgIpc) is 2.48. The molecule has 20 heavy (non-hydrogen) atoms. The van der Waals surface area contributed by atoms with Crippen molar-refractivity contribution in [3.63, 3.8) is 0 Å². The van der Waals surface area contributed by atoms with Crippen molar-refractivity contribution in [3.05, 3.63) is 59.3 Å². The van der Waals surface area contributed by atoms with Gasteiger partial charge < -0.3 is 10.5 Å². The fourth-order valence-electron chi connectivity index (χ4n) is 2.24. The van der Waals surface area contributed by atoms with Crippen LogP contribution in [0.5, 0.6) is 5.88 Å². The first-order chi connectivity index (χ1) is 9.72. The predicted molar refractivity (Wildman–Crippen MR) is 80.3 cm³/mol. The minimum atomic E-state index is 0.577. The van der Waals surface area contributed by atoms with Crippen molar-refractivity contribution in [2.45, 2.75) is 19.6 Å². The molecule has 0 bridgehead atoms. The Kier molecular flexibility index (Phi) is 5.09. The van der Waals surface area contributed by atoms with Gasteiger partial charge >= 0.3 is 0 Å². The summed E-state index contributed by atoms with van der Waals surface area (Å²) in [6.45, 7) is 2.24.